The molecule has 2 aromatic heterocycles. The third-order valence-electron chi connectivity index (χ3n) is 13.9. The molecule has 0 aliphatic carbocycles. The van der Waals surface area contributed by atoms with E-state index in [1.165, 1.54) is 10.2 Å². The molecule has 0 saturated carbocycles. The van der Waals surface area contributed by atoms with Crippen LogP contribution < -0.4 is 30.5 Å². The second-order valence-electron chi connectivity index (χ2n) is 18.2. The van der Waals surface area contributed by atoms with Gasteiger partial charge in [-0.25, -0.2) is 17.4 Å². The number of carbonyl (C=O) groups is 3. The number of para-hydroxylation sites is 1. The number of rotatable bonds is 12. The standard InChI is InChI=1S/C47H54BrN11O6S/c1-29-21-38(51-47-49-24-36(48)44(53-47)50-37-6-4-5-31-11-16-59(43(31)37)66(3,63)64)41(65-2)23-40(29)56-14-12-33(13-15-56)55-19-17-54(18-20-55)25-30-26-57(27-30)34-8-7-32-28-58(46(62)35(32)22-34)39-9-10-42(60)52-45(39)61/h4-8,11,16,21-24,30,33,39H,9-10,12-15,17-20,25-28H2,1-3H3,(H,52,60,61)(H2,49,50,51,53). The molecule has 19 heteroatoms. The molecule has 346 valence electrons. The second kappa shape index (κ2) is 17.8. The van der Waals surface area contributed by atoms with Crippen molar-refractivity contribution in [3.8, 4) is 5.75 Å². The Bertz CT molecular complexity index is 2840. The fourth-order valence-corrected chi connectivity index (χ4v) is 11.5. The minimum Gasteiger partial charge on any atom is -0.494 e. The monoisotopic (exact) mass is 979 g/mol. The first kappa shape index (κ1) is 44.1. The van der Waals surface area contributed by atoms with E-state index in [0.717, 1.165) is 105 Å². The van der Waals surface area contributed by atoms with Gasteiger partial charge in [-0.15, -0.1) is 0 Å². The highest BCUT2D eigenvalue weighted by atomic mass is 79.9. The van der Waals surface area contributed by atoms with Crippen molar-refractivity contribution in [3.05, 3.63) is 88.2 Å². The zero-order valence-electron chi connectivity index (χ0n) is 37.3. The Labute approximate surface area is 392 Å². The maximum atomic E-state index is 13.4. The van der Waals surface area contributed by atoms with Crippen molar-refractivity contribution >= 4 is 89.1 Å². The van der Waals surface area contributed by atoms with Crippen LogP contribution in [0.5, 0.6) is 5.75 Å². The second-order valence-corrected chi connectivity index (χ2v) is 20.9. The number of anilines is 6. The number of aromatic nitrogens is 3. The number of hydrogen-bond acceptors (Lipinski definition) is 14. The molecule has 1 atom stereocenters. The van der Waals surface area contributed by atoms with Crippen LogP contribution in [0.2, 0.25) is 0 Å². The molecule has 5 aliphatic heterocycles. The molecule has 1 unspecified atom stereocenters. The molecule has 4 saturated heterocycles. The van der Waals surface area contributed by atoms with Crippen LogP contribution in [0.4, 0.5) is 34.5 Å². The van der Waals surface area contributed by atoms with E-state index in [4.69, 9.17) is 9.72 Å². The van der Waals surface area contributed by atoms with E-state index in [1.54, 1.807) is 30.5 Å². The predicted octanol–water partition coefficient (Wildman–Crippen LogP) is 5.29. The minimum absolute atomic E-state index is 0.128. The molecule has 0 bridgehead atoms. The quantitative estimate of drug-likeness (QED) is 0.138. The van der Waals surface area contributed by atoms with Crippen LogP contribution in [0.25, 0.3) is 10.9 Å². The lowest BCUT2D eigenvalue weighted by molar-refractivity contribution is -0.136. The highest BCUT2D eigenvalue weighted by Gasteiger charge is 2.40. The molecule has 66 heavy (non-hydrogen) atoms. The number of hydrogen-bond donors (Lipinski definition) is 3. The Morgan fingerprint density at radius 2 is 1.70 bits per heavy atom. The molecule has 5 aliphatic rings. The predicted molar refractivity (Wildman–Crippen MR) is 258 cm³/mol. The Morgan fingerprint density at radius 1 is 0.909 bits per heavy atom. The van der Waals surface area contributed by atoms with Crippen LogP contribution >= 0.6 is 15.9 Å². The Hall–Kier alpha value is -5.76. The number of ether oxygens (including phenoxy) is 1. The Balaban J connectivity index is 0.698. The van der Waals surface area contributed by atoms with Crippen molar-refractivity contribution in [2.24, 2.45) is 5.92 Å². The average Bonchev–Trinajstić information content (AvgIpc) is 3.88. The number of aryl methyl sites for hydroxylation is 1. The summed E-state index contributed by atoms with van der Waals surface area (Å²) in [5.74, 6) is 1.30. The molecule has 0 radical (unpaired) electrons. The molecule has 4 fully saturated rings. The average molecular weight is 981 g/mol. The summed E-state index contributed by atoms with van der Waals surface area (Å²) < 4.78 is 32.8. The van der Waals surface area contributed by atoms with Crippen LogP contribution in [0.1, 0.15) is 47.2 Å². The SMILES string of the molecule is COc1cc(N2CCC(N3CCN(CC4CN(c5ccc6c(c5)C(=O)N(C5CCC(=O)NC5=O)C6)C4)CC3)CC2)c(C)cc1Nc1ncc(Br)c(Nc2cccc3ccn(S(C)(=O)=O)c23)n1. The highest BCUT2D eigenvalue weighted by Crippen LogP contribution is 2.38. The lowest BCUT2D eigenvalue weighted by Crippen LogP contribution is -2.57. The molecule has 5 aromatic rings. The fourth-order valence-electron chi connectivity index (χ4n) is 10.4. The van der Waals surface area contributed by atoms with Gasteiger partial charge in [-0.3, -0.25) is 24.6 Å². The first-order valence-corrected chi connectivity index (χ1v) is 25.2. The van der Waals surface area contributed by atoms with E-state index in [0.29, 0.717) is 63.7 Å². The van der Waals surface area contributed by atoms with Gasteiger partial charge in [0.25, 0.3) is 5.91 Å². The van der Waals surface area contributed by atoms with Crippen LogP contribution in [-0.2, 0) is 26.2 Å². The number of fused-ring (bicyclic) bond motifs is 2. The van der Waals surface area contributed by atoms with E-state index in [2.05, 4.69) is 81.6 Å². The molecule has 3 N–H and O–H groups in total. The number of nitrogens with one attached hydrogen (secondary N) is 3. The highest BCUT2D eigenvalue weighted by molar-refractivity contribution is 9.10. The number of piperidine rings is 2. The first-order valence-electron chi connectivity index (χ1n) is 22.6. The van der Waals surface area contributed by atoms with Crippen LogP contribution in [0.3, 0.4) is 0 Å². The number of nitrogens with zero attached hydrogens (tertiary/aromatic N) is 8. The van der Waals surface area contributed by atoms with E-state index < -0.39 is 16.1 Å². The Morgan fingerprint density at radius 3 is 2.44 bits per heavy atom. The summed E-state index contributed by atoms with van der Waals surface area (Å²) in [6, 6.07) is 17.5. The van der Waals surface area contributed by atoms with E-state index in [9.17, 15) is 22.8 Å². The minimum atomic E-state index is -3.53. The smallest absolute Gasteiger partial charge is 0.255 e. The number of piperazine rings is 1. The molecule has 17 nitrogen and oxygen atoms in total. The summed E-state index contributed by atoms with van der Waals surface area (Å²) in [4.78, 5) is 58.5. The van der Waals surface area contributed by atoms with Crippen molar-refractivity contribution in [2.75, 3.05) is 92.7 Å². The summed E-state index contributed by atoms with van der Waals surface area (Å²) in [6.07, 6.45) is 7.19. The van der Waals surface area contributed by atoms with Gasteiger partial charge < -0.3 is 35.0 Å². The van der Waals surface area contributed by atoms with Gasteiger partial charge in [-0.1, -0.05) is 18.2 Å². The molecule has 7 heterocycles. The molecular formula is C47H54BrN11O6S. The van der Waals surface area contributed by atoms with Gasteiger partial charge in [-0.2, -0.15) is 4.98 Å². The van der Waals surface area contributed by atoms with E-state index in [1.807, 2.05) is 30.3 Å². The summed E-state index contributed by atoms with van der Waals surface area (Å²) >= 11 is 3.55. The summed E-state index contributed by atoms with van der Waals surface area (Å²) in [6.45, 7) is 11.7. The van der Waals surface area contributed by atoms with Crippen LogP contribution in [-0.4, -0.2) is 139 Å². The lowest BCUT2D eigenvalue weighted by Gasteiger charge is -2.46. The van der Waals surface area contributed by atoms with E-state index in [-0.39, 0.29) is 24.1 Å². The number of carbonyl (C=O) groups excluding carboxylic acids is 3. The van der Waals surface area contributed by atoms with Crippen molar-refractivity contribution in [1.82, 2.24) is 34.0 Å². The molecule has 0 spiro atoms. The zero-order chi connectivity index (χ0) is 45.9. The third kappa shape index (κ3) is 8.68. The number of halogens is 1. The zero-order valence-corrected chi connectivity index (χ0v) is 39.7. The van der Waals surface area contributed by atoms with Crippen molar-refractivity contribution in [1.29, 1.82) is 0 Å². The fraction of sp³-hybridized carbons (Fsp3) is 0.426. The number of benzene rings is 3. The van der Waals surface area contributed by atoms with Gasteiger partial charge in [-0.05, 0) is 83.6 Å². The van der Waals surface area contributed by atoms with Gasteiger partial charge in [0.2, 0.25) is 27.8 Å². The molecule has 3 aromatic carbocycles. The maximum absolute atomic E-state index is 13.4. The van der Waals surface area contributed by atoms with Gasteiger partial charge in [0, 0.05) is 125 Å². The maximum Gasteiger partial charge on any atom is 0.255 e. The number of imide groups is 1. The van der Waals surface area contributed by atoms with Crippen molar-refractivity contribution < 1.29 is 27.5 Å². The van der Waals surface area contributed by atoms with E-state index >= 15 is 0 Å². The summed E-state index contributed by atoms with van der Waals surface area (Å²) in [5, 5.41) is 9.82. The van der Waals surface area contributed by atoms with Crippen LogP contribution in [0, 0.1) is 12.8 Å². The first-order chi connectivity index (χ1) is 31.8. The number of amides is 3. The molecular weight excluding hydrogens is 927 g/mol. The summed E-state index contributed by atoms with van der Waals surface area (Å²) in [5.41, 5.74) is 6.78. The van der Waals surface area contributed by atoms with Gasteiger partial charge in [0.05, 0.1) is 34.7 Å². The number of methoxy groups -OCH3 is 1. The van der Waals surface area contributed by atoms with Crippen LogP contribution in [0.15, 0.2) is 71.5 Å². The topological polar surface area (TPSA) is 178 Å². The van der Waals surface area contributed by atoms with Crippen molar-refractivity contribution in [2.45, 2.75) is 51.2 Å². The van der Waals surface area contributed by atoms with Crippen molar-refractivity contribution in [3.63, 3.8) is 0 Å². The van der Waals surface area contributed by atoms with Gasteiger partial charge in [0.1, 0.15) is 17.6 Å². The summed E-state index contributed by atoms with van der Waals surface area (Å²) in [7, 11) is -1.87. The Kier molecular flexibility index (Phi) is 11.9. The molecule has 10 rings (SSSR count). The normalized spacial score (nSPS) is 20.2. The van der Waals surface area contributed by atoms with Gasteiger partial charge in [0.15, 0.2) is 0 Å². The van der Waals surface area contributed by atoms with Gasteiger partial charge >= 0.3 is 0 Å². The lowest BCUT2D eigenvalue weighted by atomic mass is 9.96. The third-order valence-corrected chi connectivity index (χ3v) is 15.5. The largest absolute Gasteiger partial charge is 0.494 e. The molecule has 3 amide bonds.